The molecule has 2 atom stereocenters. The molecule has 3 aromatic rings. The Morgan fingerprint density at radius 1 is 0.867 bits per heavy atom. The Hall–Kier alpha value is -3.96. The number of hydrogen-bond acceptors (Lipinski definition) is 7. The van der Waals surface area contributed by atoms with E-state index in [-0.39, 0.29) is 45.6 Å². The maximum Gasteiger partial charge on any atom is 0.265 e. The van der Waals surface area contributed by atoms with Crippen molar-refractivity contribution >= 4 is 39.1 Å². The van der Waals surface area contributed by atoms with Gasteiger partial charge in [-0.2, -0.15) is 0 Å². The highest BCUT2D eigenvalue weighted by atomic mass is 35.5. The van der Waals surface area contributed by atoms with Crippen LogP contribution >= 0.6 is 11.6 Å². The quantitative estimate of drug-likeness (QED) is 0.226. The van der Waals surface area contributed by atoms with Gasteiger partial charge in [0, 0.05) is 23.7 Å². The summed E-state index contributed by atoms with van der Waals surface area (Å²) in [5.41, 5.74) is 1.89. The fraction of sp³-hybridized carbons (Fsp3) is 0.394. The summed E-state index contributed by atoms with van der Waals surface area (Å²) in [6, 6.07) is 15.3. The molecule has 2 amide bonds. The van der Waals surface area contributed by atoms with Crippen molar-refractivity contribution in [2.75, 3.05) is 32.2 Å². The van der Waals surface area contributed by atoms with Crippen LogP contribution in [0.3, 0.4) is 0 Å². The highest BCUT2D eigenvalue weighted by Crippen LogP contribution is 2.37. The van der Waals surface area contributed by atoms with Gasteiger partial charge in [-0.25, -0.2) is 8.42 Å². The van der Waals surface area contributed by atoms with Gasteiger partial charge in [0.2, 0.25) is 11.8 Å². The lowest BCUT2D eigenvalue weighted by atomic mass is 10.1. The lowest BCUT2D eigenvalue weighted by Crippen LogP contribution is -2.53. The summed E-state index contributed by atoms with van der Waals surface area (Å²) in [6.07, 6.45) is 1.02. The lowest BCUT2D eigenvalue weighted by Gasteiger charge is -2.34. The number of carbonyl (C=O) groups is 2. The number of nitrogens with zero attached hydrogens (tertiary/aromatic N) is 2. The van der Waals surface area contributed by atoms with Gasteiger partial charge < -0.3 is 24.4 Å². The van der Waals surface area contributed by atoms with Gasteiger partial charge in [0.25, 0.3) is 10.0 Å². The molecule has 0 spiro atoms. The smallest absolute Gasteiger partial charge is 0.265 e. The molecule has 0 bridgehead atoms. The maximum absolute atomic E-state index is 14.4. The third-order valence-electron chi connectivity index (χ3n) is 7.49. The van der Waals surface area contributed by atoms with Crippen LogP contribution in [0.1, 0.15) is 44.7 Å². The molecule has 12 heteroatoms. The summed E-state index contributed by atoms with van der Waals surface area (Å²) in [4.78, 5) is 29.1. The molecule has 10 nitrogen and oxygen atoms in total. The number of halogens is 1. The number of benzene rings is 3. The molecule has 3 aromatic carbocycles. The second-order valence-electron chi connectivity index (χ2n) is 10.6. The van der Waals surface area contributed by atoms with Gasteiger partial charge in [-0.15, -0.1) is 0 Å². The van der Waals surface area contributed by atoms with E-state index in [1.807, 2.05) is 52.0 Å². The normalized spacial score (nSPS) is 12.5. The second-order valence-corrected chi connectivity index (χ2v) is 12.9. The largest absolute Gasteiger partial charge is 0.495 e. The second kappa shape index (κ2) is 15.9. The first kappa shape index (κ1) is 35.5. The summed E-state index contributed by atoms with van der Waals surface area (Å²) in [6.45, 7) is 7.05. The van der Waals surface area contributed by atoms with Crippen LogP contribution in [-0.4, -0.2) is 65.1 Å². The monoisotopic (exact) mass is 659 g/mol. The first-order chi connectivity index (χ1) is 21.4. The predicted octanol–water partition coefficient (Wildman–Crippen LogP) is 5.59. The van der Waals surface area contributed by atoms with E-state index >= 15 is 0 Å². The minimum atomic E-state index is -4.43. The van der Waals surface area contributed by atoms with Crippen LogP contribution in [0.2, 0.25) is 5.02 Å². The van der Waals surface area contributed by atoms with Gasteiger partial charge in [-0.1, -0.05) is 55.3 Å². The molecule has 0 aromatic heterocycles. The Bertz CT molecular complexity index is 1580. The van der Waals surface area contributed by atoms with Crippen molar-refractivity contribution in [2.45, 2.75) is 64.1 Å². The zero-order valence-electron chi connectivity index (χ0n) is 26.8. The number of nitrogens with one attached hydrogen (secondary N) is 1. The molecule has 0 aliphatic carbocycles. The highest BCUT2D eigenvalue weighted by Gasteiger charge is 2.35. The first-order valence-electron chi connectivity index (χ1n) is 14.6. The Labute approximate surface area is 271 Å². The SMILES string of the molecule is CC[C@H](C(=O)N[C@@H](C)CC)N(Cc1ccc(C)cc1)C(=O)CN(c1cc(Cl)ccc1OC)S(=O)(=O)c1ccc(OC)c(OC)c1. The topological polar surface area (TPSA) is 114 Å². The number of hydrogen-bond donors (Lipinski definition) is 1. The summed E-state index contributed by atoms with van der Waals surface area (Å²) in [5, 5.41) is 3.21. The van der Waals surface area contributed by atoms with Gasteiger partial charge in [-0.05, 0) is 62.6 Å². The third kappa shape index (κ3) is 8.61. The molecule has 0 saturated carbocycles. The fourth-order valence-corrected chi connectivity index (χ4v) is 6.33. The molecule has 0 unspecified atom stereocenters. The molecule has 0 fully saturated rings. The van der Waals surface area contributed by atoms with E-state index in [0.29, 0.717) is 18.6 Å². The standard InChI is InChI=1S/C33H42ClN3O7S/c1-8-23(4)35-33(39)27(9-2)36(20-24-12-10-22(3)11-13-24)32(38)21-37(28-18-25(34)14-16-29(28)42-5)45(40,41)26-15-17-30(43-6)31(19-26)44-7/h10-19,23,27H,8-9,20-21H2,1-7H3,(H,35,39)/t23-,27+/m0/s1. The van der Waals surface area contributed by atoms with Gasteiger partial charge in [0.15, 0.2) is 11.5 Å². The summed E-state index contributed by atoms with van der Waals surface area (Å²) in [5.74, 6) is -0.198. The van der Waals surface area contributed by atoms with E-state index in [0.717, 1.165) is 15.4 Å². The lowest BCUT2D eigenvalue weighted by molar-refractivity contribution is -0.140. The van der Waals surface area contributed by atoms with Crippen molar-refractivity contribution in [3.05, 3.63) is 76.8 Å². The van der Waals surface area contributed by atoms with Gasteiger partial charge in [-0.3, -0.25) is 13.9 Å². The van der Waals surface area contributed by atoms with Crippen LogP contribution in [-0.2, 0) is 26.2 Å². The molecule has 45 heavy (non-hydrogen) atoms. The van der Waals surface area contributed by atoms with Crippen molar-refractivity contribution < 1.29 is 32.2 Å². The van der Waals surface area contributed by atoms with Crippen molar-refractivity contribution in [2.24, 2.45) is 0 Å². The number of sulfonamides is 1. The number of ether oxygens (including phenoxy) is 3. The zero-order valence-corrected chi connectivity index (χ0v) is 28.4. The van der Waals surface area contributed by atoms with E-state index in [2.05, 4.69) is 5.32 Å². The van der Waals surface area contributed by atoms with Crippen LogP contribution in [0.15, 0.2) is 65.6 Å². The van der Waals surface area contributed by atoms with Crippen molar-refractivity contribution in [1.29, 1.82) is 0 Å². The van der Waals surface area contributed by atoms with Crippen LogP contribution in [0.4, 0.5) is 5.69 Å². The Balaban J connectivity index is 2.17. The maximum atomic E-state index is 14.4. The van der Waals surface area contributed by atoms with Crippen LogP contribution in [0.5, 0.6) is 17.2 Å². The molecule has 244 valence electrons. The van der Waals surface area contributed by atoms with E-state index < -0.39 is 28.5 Å². The molecule has 3 rings (SSSR count). The molecule has 0 radical (unpaired) electrons. The van der Waals surface area contributed by atoms with E-state index in [9.17, 15) is 18.0 Å². The van der Waals surface area contributed by atoms with Crippen molar-refractivity contribution in [1.82, 2.24) is 10.2 Å². The molecule has 1 N–H and O–H groups in total. The van der Waals surface area contributed by atoms with Crippen LogP contribution in [0, 0.1) is 6.92 Å². The van der Waals surface area contributed by atoms with Gasteiger partial charge in [0.05, 0.1) is 31.9 Å². The number of carbonyl (C=O) groups excluding carboxylic acids is 2. The van der Waals surface area contributed by atoms with Crippen molar-refractivity contribution in [3.8, 4) is 17.2 Å². The fourth-order valence-electron chi connectivity index (χ4n) is 4.73. The van der Waals surface area contributed by atoms with Gasteiger partial charge >= 0.3 is 0 Å². The average molecular weight is 660 g/mol. The number of aryl methyl sites for hydroxylation is 1. The Morgan fingerprint density at radius 2 is 1.49 bits per heavy atom. The number of rotatable bonds is 15. The minimum Gasteiger partial charge on any atom is -0.495 e. The van der Waals surface area contributed by atoms with E-state index in [4.69, 9.17) is 25.8 Å². The minimum absolute atomic E-state index is 0.0560. The van der Waals surface area contributed by atoms with Crippen molar-refractivity contribution in [3.63, 3.8) is 0 Å². The molecule has 0 saturated heterocycles. The third-order valence-corrected chi connectivity index (χ3v) is 9.48. The summed E-state index contributed by atoms with van der Waals surface area (Å²) >= 11 is 6.34. The Morgan fingerprint density at radius 3 is 2.07 bits per heavy atom. The molecule has 0 heterocycles. The summed E-state index contributed by atoms with van der Waals surface area (Å²) in [7, 11) is -0.199. The Kier molecular flexibility index (Phi) is 12.5. The number of anilines is 1. The molecule has 0 aliphatic rings. The molecular weight excluding hydrogens is 618 g/mol. The van der Waals surface area contributed by atoms with Crippen LogP contribution < -0.4 is 23.8 Å². The highest BCUT2D eigenvalue weighted by molar-refractivity contribution is 7.92. The number of methoxy groups -OCH3 is 3. The van der Waals surface area contributed by atoms with E-state index in [1.165, 1.54) is 56.6 Å². The van der Waals surface area contributed by atoms with Crippen LogP contribution in [0.25, 0.3) is 0 Å². The number of amides is 2. The predicted molar refractivity (Wildman–Crippen MR) is 176 cm³/mol. The van der Waals surface area contributed by atoms with E-state index in [1.54, 1.807) is 6.07 Å². The molecular formula is C33H42ClN3O7S. The molecule has 0 aliphatic heterocycles. The zero-order chi connectivity index (χ0) is 33.3. The first-order valence-corrected chi connectivity index (χ1v) is 16.5. The average Bonchev–Trinajstić information content (AvgIpc) is 3.03. The summed E-state index contributed by atoms with van der Waals surface area (Å²) < 4.78 is 45.8. The van der Waals surface area contributed by atoms with Gasteiger partial charge in [0.1, 0.15) is 18.3 Å².